The number of esters is 1. The summed E-state index contributed by atoms with van der Waals surface area (Å²) in [6, 6.07) is 1.74. The molecule has 2 aliphatic heterocycles. The fourth-order valence-electron chi connectivity index (χ4n) is 4.50. The molecule has 1 spiro atoms. The Hall–Kier alpha value is -3.08. The van der Waals surface area contributed by atoms with E-state index in [0.717, 1.165) is 19.5 Å². The second kappa shape index (κ2) is 10.0. The Kier molecular flexibility index (Phi) is 7.39. The minimum Gasteiger partial charge on any atom is -0.483 e. The molecule has 4 rings (SSSR count). The zero-order chi connectivity index (χ0) is 23.3. The number of likely N-dealkylation sites (N-methyl/N-ethyl adjacent to an activating group) is 1. The third-order valence-electron chi connectivity index (χ3n) is 5.83. The van der Waals surface area contributed by atoms with Gasteiger partial charge in [-0.25, -0.2) is 9.50 Å². The van der Waals surface area contributed by atoms with Gasteiger partial charge in [0.05, 0.1) is 5.41 Å². The van der Waals surface area contributed by atoms with Gasteiger partial charge in [0.15, 0.2) is 0 Å². The lowest BCUT2D eigenvalue weighted by Gasteiger charge is -2.36. The monoisotopic (exact) mass is 446 g/mol. The van der Waals surface area contributed by atoms with Gasteiger partial charge in [-0.1, -0.05) is 13.8 Å². The molecule has 11 nitrogen and oxygen atoms in total. The number of piperidine rings is 1. The highest BCUT2D eigenvalue weighted by atomic mass is 16.6. The Morgan fingerprint density at radius 1 is 1.41 bits per heavy atom. The Labute approximate surface area is 186 Å². The summed E-state index contributed by atoms with van der Waals surface area (Å²) in [4.78, 5) is 46.1. The molecule has 2 aromatic heterocycles. The number of rotatable bonds is 5. The predicted octanol–water partition coefficient (Wildman–Crippen LogP) is 0.951. The third-order valence-corrected chi connectivity index (χ3v) is 5.83. The molecule has 0 bridgehead atoms. The van der Waals surface area contributed by atoms with Crippen LogP contribution in [0, 0.1) is 11.3 Å². The number of carbonyl (C=O) groups is 3. The molecule has 174 valence electrons. The number of hydrogen-bond acceptors (Lipinski definition) is 8. The minimum absolute atomic E-state index is 0.0697. The molecule has 2 saturated heterocycles. The van der Waals surface area contributed by atoms with Gasteiger partial charge in [-0.3, -0.25) is 14.4 Å². The lowest BCUT2D eigenvalue weighted by Crippen LogP contribution is -2.45. The first-order chi connectivity index (χ1) is 15.3. The number of likely N-dealkylation sites (tertiary alicyclic amines) is 1. The largest absolute Gasteiger partial charge is 0.483 e. The number of amides is 1. The molecule has 1 amide bonds. The zero-order valence-electron chi connectivity index (χ0n) is 18.7. The van der Waals surface area contributed by atoms with Crippen molar-refractivity contribution < 1.29 is 24.2 Å². The van der Waals surface area contributed by atoms with Crippen molar-refractivity contribution >= 4 is 24.1 Å². The summed E-state index contributed by atoms with van der Waals surface area (Å²) in [5.41, 5.74) is -0.464. The van der Waals surface area contributed by atoms with Gasteiger partial charge in [-0.2, -0.15) is 4.98 Å². The molecule has 1 unspecified atom stereocenters. The number of carboxylic acid groups (broad SMARTS) is 1. The highest BCUT2D eigenvalue weighted by Crippen LogP contribution is 2.43. The Morgan fingerprint density at radius 3 is 2.72 bits per heavy atom. The van der Waals surface area contributed by atoms with Crippen molar-refractivity contribution in [2.24, 2.45) is 11.3 Å². The maximum Gasteiger partial charge on any atom is 0.312 e. The van der Waals surface area contributed by atoms with Crippen molar-refractivity contribution in [3.05, 3.63) is 24.3 Å². The maximum absolute atomic E-state index is 12.8. The van der Waals surface area contributed by atoms with Crippen LogP contribution in [0.25, 0.3) is 5.78 Å². The second-order valence-electron chi connectivity index (χ2n) is 8.82. The van der Waals surface area contributed by atoms with Crippen LogP contribution < -0.4 is 0 Å². The van der Waals surface area contributed by atoms with E-state index in [1.807, 2.05) is 0 Å². The molecule has 32 heavy (non-hydrogen) atoms. The quantitative estimate of drug-likeness (QED) is 0.527. The van der Waals surface area contributed by atoms with E-state index < -0.39 is 5.41 Å². The molecule has 0 aliphatic carbocycles. The SMILES string of the molecule is CC(C)CN(C)CC1CC2(CCN(C(=O)c3nc4ncccn4n3)CC2)C(=O)O1.O=CO. The second-order valence-corrected chi connectivity index (χ2v) is 8.82. The summed E-state index contributed by atoms with van der Waals surface area (Å²) in [5, 5.41) is 11.1. The number of nitrogens with zero attached hydrogens (tertiary/aromatic N) is 6. The van der Waals surface area contributed by atoms with E-state index in [1.54, 1.807) is 23.4 Å². The first kappa shape index (κ1) is 23.6. The van der Waals surface area contributed by atoms with Crippen LogP contribution in [0.2, 0.25) is 0 Å². The first-order valence-corrected chi connectivity index (χ1v) is 10.7. The normalized spacial score (nSPS) is 19.8. The summed E-state index contributed by atoms with van der Waals surface area (Å²) >= 11 is 0. The molecule has 2 fully saturated rings. The molecule has 4 heterocycles. The van der Waals surface area contributed by atoms with Crippen LogP contribution in [-0.4, -0.2) is 92.2 Å². The molecular weight excluding hydrogens is 416 g/mol. The molecule has 2 aliphatic rings. The van der Waals surface area contributed by atoms with E-state index >= 15 is 0 Å². The van der Waals surface area contributed by atoms with Crippen molar-refractivity contribution in [2.45, 2.75) is 39.2 Å². The topological polar surface area (TPSA) is 130 Å². The van der Waals surface area contributed by atoms with Crippen LogP contribution >= 0.6 is 0 Å². The molecule has 1 atom stereocenters. The number of fused-ring (bicyclic) bond motifs is 1. The van der Waals surface area contributed by atoms with Crippen molar-refractivity contribution in [1.29, 1.82) is 0 Å². The summed E-state index contributed by atoms with van der Waals surface area (Å²) < 4.78 is 7.20. The Balaban J connectivity index is 0.000000913. The third kappa shape index (κ3) is 5.21. The lowest BCUT2D eigenvalue weighted by molar-refractivity contribution is -0.151. The van der Waals surface area contributed by atoms with E-state index in [4.69, 9.17) is 14.6 Å². The number of ether oxygens (including phenoxy) is 1. The summed E-state index contributed by atoms with van der Waals surface area (Å²) in [7, 11) is 2.07. The first-order valence-electron chi connectivity index (χ1n) is 10.7. The number of cyclic esters (lactones) is 1. The maximum atomic E-state index is 12.8. The zero-order valence-corrected chi connectivity index (χ0v) is 18.7. The van der Waals surface area contributed by atoms with Gasteiger partial charge in [0.2, 0.25) is 5.82 Å². The molecule has 2 aromatic rings. The molecule has 11 heteroatoms. The Morgan fingerprint density at radius 2 is 2.09 bits per heavy atom. The fourth-order valence-corrected chi connectivity index (χ4v) is 4.50. The van der Waals surface area contributed by atoms with Crippen molar-refractivity contribution in [1.82, 2.24) is 29.4 Å². The molecular formula is C21H30N6O5. The summed E-state index contributed by atoms with van der Waals surface area (Å²) in [6.07, 6.45) is 5.22. The van der Waals surface area contributed by atoms with Crippen LogP contribution in [0.4, 0.5) is 0 Å². The molecule has 0 radical (unpaired) electrons. The van der Waals surface area contributed by atoms with Gasteiger partial charge < -0.3 is 19.6 Å². The van der Waals surface area contributed by atoms with Crippen molar-refractivity contribution in [2.75, 3.05) is 33.2 Å². The van der Waals surface area contributed by atoms with Gasteiger partial charge in [0.1, 0.15) is 6.10 Å². The van der Waals surface area contributed by atoms with E-state index in [9.17, 15) is 9.59 Å². The fraction of sp³-hybridized carbons (Fsp3) is 0.619. The lowest BCUT2D eigenvalue weighted by atomic mass is 9.76. The van der Waals surface area contributed by atoms with Gasteiger partial charge in [0, 0.05) is 45.0 Å². The van der Waals surface area contributed by atoms with Gasteiger partial charge in [0.25, 0.3) is 18.2 Å². The van der Waals surface area contributed by atoms with E-state index in [0.29, 0.717) is 37.6 Å². The van der Waals surface area contributed by atoms with Gasteiger partial charge in [-0.15, -0.1) is 5.10 Å². The smallest absolute Gasteiger partial charge is 0.312 e. The van der Waals surface area contributed by atoms with Crippen LogP contribution in [-0.2, 0) is 14.3 Å². The van der Waals surface area contributed by atoms with Gasteiger partial charge in [-0.05, 0) is 31.9 Å². The number of carbonyl (C=O) groups excluding carboxylic acids is 2. The highest BCUT2D eigenvalue weighted by Gasteiger charge is 2.51. The van der Waals surface area contributed by atoms with Crippen LogP contribution in [0.1, 0.15) is 43.7 Å². The predicted molar refractivity (Wildman–Crippen MR) is 114 cm³/mol. The van der Waals surface area contributed by atoms with Gasteiger partial charge >= 0.3 is 5.97 Å². The van der Waals surface area contributed by atoms with Crippen LogP contribution in [0.3, 0.4) is 0 Å². The van der Waals surface area contributed by atoms with Crippen molar-refractivity contribution in [3.63, 3.8) is 0 Å². The highest BCUT2D eigenvalue weighted by molar-refractivity contribution is 5.91. The van der Waals surface area contributed by atoms with E-state index in [-0.39, 0.29) is 30.3 Å². The summed E-state index contributed by atoms with van der Waals surface area (Å²) in [5.74, 6) is 0.787. The van der Waals surface area contributed by atoms with Crippen LogP contribution in [0.15, 0.2) is 18.5 Å². The minimum atomic E-state index is -0.464. The standard InChI is InChI=1S/C20H28N6O3.CH2O2/c1-14(2)12-24(3)13-15-11-20(18(28)29-15)5-9-25(10-6-20)17(27)16-22-19-21-7-4-8-26(19)23-16;2-1-3/h4,7-8,14-15H,5-6,9-13H2,1-3H3;1H,(H,2,3). The number of aromatic nitrogens is 4. The van der Waals surface area contributed by atoms with E-state index in [2.05, 4.69) is 40.9 Å². The van der Waals surface area contributed by atoms with Crippen LogP contribution in [0.5, 0.6) is 0 Å². The van der Waals surface area contributed by atoms with Crippen molar-refractivity contribution in [3.8, 4) is 0 Å². The average molecular weight is 447 g/mol. The summed E-state index contributed by atoms with van der Waals surface area (Å²) in [6.45, 7) is 6.85. The Bertz CT molecular complexity index is 920. The number of hydrogen-bond donors (Lipinski definition) is 1. The van der Waals surface area contributed by atoms with E-state index in [1.165, 1.54) is 4.52 Å². The molecule has 0 saturated carbocycles. The molecule has 0 aromatic carbocycles. The average Bonchev–Trinajstić information content (AvgIpc) is 3.29. The molecule has 1 N–H and O–H groups in total.